The van der Waals surface area contributed by atoms with Gasteiger partial charge in [-0.15, -0.1) is 0 Å². The molecule has 0 bridgehead atoms. The second-order valence-corrected chi connectivity index (χ2v) is 6.41. The first kappa shape index (κ1) is 10.5. The van der Waals surface area contributed by atoms with Crippen molar-refractivity contribution in [2.45, 2.75) is 52.9 Å². The van der Waals surface area contributed by atoms with Gasteiger partial charge < -0.3 is 5.32 Å². The quantitative estimate of drug-likeness (QED) is 0.626. The molecular weight excluding hydrogens is 170 g/mol. The molecule has 1 N–H and O–H groups in total. The van der Waals surface area contributed by atoms with Gasteiger partial charge in [0.05, 0.1) is 0 Å². The van der Waals surface area contributed by atoms with E-state index in [0.29, 0.717) is 10.8 Å². The summed E-state index contributed by atoms with van der Waals surface area (Å²) in [7, 11) is 0. The molecule has 2 aliphatic rings. The van der Waals surface area contributed by atoms with Gasteiger partial charge in [-0.2, -0.15) is 0 Å². The maximum absolute atomic E-state index is 3.60. The van der Waals surface area contributed by atoms with Crippen molar-refractivity contribution in [2.75, 3.05) is 13.1 Å². The Hall–Kier alpha value is -0.0400. The topological polar surface area (TPSA) is 12.0 Å². The lowest BCUT2D eigenvalue weighted by Gasteiger charge is -2.50. The van der Waals surface area contributed by atoms with Crippen LogP contribution in [0.3, 0.4) is 0 Å². The molecule has 82 valence electrons. The average molecular weight is 195 g/mol. The summed E-state index contributed by atoms with van der Waals surface area (Å²) in [5.74, 6) is 0.916. The number of hydrogen-bond acceptors (Lipinski definition) is 1. The molecule has 1 heteroatoms. The Balaban J connectivity index is 2.06. The van der Waals surface area contributed by atoms with Crippen molar-refractivity contribution in [3.63, 3.8) is 0 Å². The van der Waals surface area contributed by atoms with Crippen molar-refractivity contribution >= 4 is 0 Å². The molecule has 2 unspecified atom stereocenters. The van der Waals surface area contributed by atoms with Crippen LogP contribution in [-0.4, -0.2) is 13.1 Å². The third-order valence-corrected chi connectivity index (χ3v) is 4.71. The highest BCUT2D eigenvalue weighted by Gasteiger charge is 2.43. The van der Waals surface area contributed by atoms with Crippen LogP contribution in [0.15, 0.2) is 0 Å². The summed E-state index contributed by atoms with van der Waals surface area (Å²) >= 11 is 0. The molecule has 0 aromatic heterocycles. The lowest BCUT2D eigenvalue weighted by molar-refractivity contribution is 0.0163. The summed E-state index contributed by atoms with van der Waals surface area (Å²) in [6.07, 6.45) is 7.17. The Morgan fingerprint density at radius 1 is 1.14 bits per heavy atom. The zero-order chi connectivity index (χ0) is 10.2. The summed E-state index contributed by atoms with van der Waals surface area (Å²) in [5.41, 5.74) is 1.26. The number of rotatable bonds is 0. The summed E-state index contributed by atoms with van der Waals surface area (Å²) < 4.78 is 0. The number of hydrogen-bond donors (Lipinski definition) is 1. The molecule has 1 nitrogen and oxygen atoms in total. The van der Waals surface area contributed by atoms with E-state index in [1.807, 2.05) is 0 Å². The first-order chi connectivity index (χ1) is 6.54. The van der Waals surface area contributed by atoms with Gasteiger partial charge in [0, 0.05) is 6.54 Å². The molecular formula is C13H25N. The summed E-state index contributed by atoms with van der Waals surface area (Å²) in [5, 5.41) is 3.60. The minimum Gasteiger partial charge on any atom is -0.316 e. The Bertz CT molecular complexity index is 201. The first-order valence-electron chi connectivity index (χ1n) is 6.25. The second kappa shape index (κ2) is 3.52. The third-order valence-electron chi connectivity index (χ3n) is 4.71. The van der Waals surface area contributed by atoms with Gasteiger partial charge in [0.2, 0.25) is 0 Å². The first-order valence-corrected chi connectivity index (χ1v) is 6.25. The van der Waals surface area contributed by atoms with Crippen LogP contribution in [0, 0.1) is 16.7 Å². The van der Waals surface area contributed by atoms with Crippen LogP contribution in [0.25, 0.3) is 0 Å². The van der Waals surface area contributed by atoms with E-state index >= 15 is 0 Å². The van der Waals surface area contributed by atoms with Crippen LogP contribution in [-0.2, 0) is 0 Å². The van der Waals surface area contributed by atoms with Crippen LogP contribution in [0.1, 0.15) is 52.9 Å². The van der Waals surface area contributed by atoms with Crippen LogP contribution in [0.2, 0.25) is 0 Å². The number of piperidine rings is 1. The SMILES string of the molecule is CC1CC(C)(C)CCC12CCCNC2. The van der Waals surface area contributed by atoms with Gasteiger partial charge >= 0.3 is 0 Å². The van der Waals surface area contributed by atoms with Crippen molar-refractivity contribution in [3.05, 3.63) is 0 Å². The lowest BCUT2D eigenvalue weighted by Crippen LogP contribution is -2.48. The minimum atomic E-state index is 0.599. The van der Waals surface area contributed by atoms with E-state index in [9.17, 15) is 0 Å². The highest BCUT2D eigenvalue weighted by Crippen LogP contribution is 2.51. The van der Waals surface area contributed by atoms with Crippen molar-refractivity contribution in [1.82, 2.24) is 5.32 Å². The molecule has 1 aliphatic carbocycles. The van der Waals surface area contributed by atoms with Crippen LogP contribution < -0.4 is 5.32 Å². The molecule has 1 saturated carbocycles. The molecule has 2 fully saturated rings. The zero-order valence-corrected chi connectivity index (χ0v) is 10.0. The minimum absolute atomic E-state index is 0.599. The molecule has 1 heterocycles. The predicted molar refractivity (Wildman–Crippen MR) is 61.3 cm³/mol. The second-order valence-electron chi connectivity index (χ2n) is 6.41. The standard InChI is InChI=1S/C13H25N/c1-11-9-12(2,3)6-7-13(11)5-4-8-14-10-13/h11,14H,4-10H2,1-3H3. The van der Waals surface area contributed by atoms with Crippen molar-refractivity contribution in [2.24, 2.45) is 16.7 Å². The van der Waals surface area contributed by atoms with E-state index < -0.39 is 0 Å². The van der Waals surface area contributed by atoms with Gasteiger partial charge in [0.25, 0.3) is 0 Å². The summed E-state index contributed by atoms with van der Waals surface area (Å²) in [4.78, 5) is 0. The molecule has 1 saturated heterocycles. The van der Waals surface area contributed by atoms with Gasteiger partial charge in [0.15, 0.2) is 0 Å². The monoisotopic (exact) mass is 195 g/mol. The Kier molecular flexibility index (Phi) is 2.63. The van der Waals surface area contributed by atoms with Crippen LogP contribution >= 0.6 is 0 Å². The molecule has 2 rings (SSSR count). The van der Waals surface area contributed by atoms with E-state index in [-0.39, 0.29) is 0 Å². The fourth-order valence-corrected chi connectivity index (χ4v) is 3.61. The van der Waals surface area contributed by atoms with Gasteiger partial charge in [-0.05, 0) is 55.4 Å². The molecule has 1 spiro atoms. The molecule has 1 aliphatic heterocycles. The van der Waals surface area contributed by atoms with E-state index in [1.165, 1.54) is 45.2 Å². The van der Waals surface area contributed by atoms with Crippen molar-refractivity contribution in [3.8, 4) is 0 Å². The van der Waals surface area contributed by atoms with Crippen molar-refractivity contribution in [1.29, 1.82) is 0 Å². The third kappa shape index (κ3) is 1.84. The average Bonchev–Trinajstić information content (AvgIpc) is 2.14. The van der Waals surface area contributed by atoms with Crippen LogP contribution in [0.5, 0.6) is 0 Å². The van der Waals surface area contributed by atoms with E-state index in [1.54, 1.807) is 0 Å². The summed E-state index contributed by atoms with van der Waals surface area (Å²) in [6, 6.07) is 0. The smallest absolute Gasteiger partial charge is 0.00104 e. The molecule has 0 aromatic rings. The zero-order valence-electron chi connectivity index (χ0n) is 10.0. The van der Waals surface area contributed by atoms with Gasteiger partial charge in [-0.25, -0.2) is 0 Å². The maximum atomic E-state index is 3.60. The van der Waals surface area contributed by atoms with Gasteiger partial charge in [0.1, 0.15) is 0 Å². The summed E-state index contributed by atoms with van der Waals surface area (Å²) in [6.45, 7) is 9.88. The maximum Gasteiger partial charge on any atom is 0.00104 e. The molecule has 0 amide bonds. The highest BCUT2D eigenvalue weighted by atomic mass is 14.9. The number of nitrogens with one attached hydrogen (secondary N) is 1. The molecule has 0 radical (unpaired) electrons. The van der Waals surface area contributed by atoms with E-state index in [2.05, 4.69) is 26.1 Å². The lowest BCUT2D eigenvalue weighted by atomic mass is 9.57. The predicted octanol–water partition coefficient (Wildman–Crippen LogP) is 3.20. The normalized spacial score (nSPS) is 42.6. The molecule has 0 aromatic carbocycles. The van der Waals surface area contributed by atoms with E-state index in [4.69, 9.17) is 0 Å². The highest BCUT2D eigenvalue weighted by molar-refractivity contribution is 4.96. The van der Waals surface area contributed by atoms with Crippen LogP contribution in [0.4, 0.5) is 0 Å². The van der Waals surface area contributed by atoms with E-state index in [0.717, 1.165) is 5.92 Å². The van der Waals surface area contributed by atoms with Gasteiger partial charge in [-0.1, -0.05) is 20.8 Å². The Morgan fingerprint density at radius 3 is 2.50 bits per heavy atom. The van der Waals surface area contributed by atoms with Gasteiger partial charge in [-0.3, -0.25) is 0 Å². The fourth-order valence-electron chi connectivity index (χ4n) is 3.61. The molecule has 14 heavy (non-hydrogen) atoms. The largest absolute Gasteiger partial charge is 0.316 e. The Labute approximate surface area is 88.7 Å². The fraction of sp³-hybridized carbons (Fsp3) is 1.00. The Morgan fingerprint density at radius 2 is 1.93 bits per heavy atom. The molecule has 2 atom stereocenters. The van der Waals surface area contributed by atoms with Crippen molar-refractivity contribution < 1.29 is 0 Å².